The third-order valence-electron chi connectivity index (χ3n) is 2.35. The third kappa shape index (κ3) is 2.77. The molecule has 0 aliphatic heterocycles. The molecular formula is C13H6BrF2IO. The SMILES string of the molecule is O=C(c1ccc(F)cc1F)c1cc(Br)ccc1I. The van der Waals surface area contributed by atoms with Crippen molar-refractivity contribution in [1.82, 2.24) is 0 Å². The molecule has 0 fully saturated rings. The van der Waals surface area contributed by atoms with Gasteiger partial charge in [0.25, 0.3) is 0 Å². The van der Waals surface area contributed by atoms with E-state index in [0.717, 1.165) is 16.6 Å². The van der Waals surface area contributed by atoms with E-state index in [4.69, 9.17) is 0 Å². The first-order valence-electron chi connectivity index (χ1n) is 4.94. The quantitative estimate of drug-likeness (QED) is 0.512. The molecule has 0 aliphatic rings. The molecule has 92 valence electrons. The summed E-state index contributed by atoms with van der Waals surface area (Å²) in [4.78, 5) is 12.2. The van der Waals surface area contributed by atoms with Gasteiger partial charge in [0.1, 0.15) is 11.6 Å². The summed E-state index contributed by atoms with van der Waals surface area (Å²) in [7, 11) is 0. The lowest BCUT2D eigenvalue weighted by Gasteiger charge is -2.06. The van der Waals surface area contributed by atoms with Crippen LogP contribution in [0.3, 0.4) is 0 Å². The van der Waals surface area contributed by atoms with E-state index in [9.17, 15) is 13.6 Å². The van der Waals surface area contributed by atoms with Gasteiger partial charge < -0.3 is 0 Å². The van der Waals surface area contributed by atoms with Gasteiger partial charge in [0.2, 0.25) is 0 Å². The highest BCUT2D eigenvalue weighted by atomic mass is 127. The molecule has 0 heterocycles. The van der Waals surface area contributed by atoms with Gasteiger partial charge in [-0.05, 0) is 52.9 Å². The van der Waals surface area contributed by atoms with E-state index in [0.29, 0.717) is 15.2 Å². The van der Waals surface area contributed by atoms with Crippen molar-refractivity contribution in [3.05, 3.63) is 67.2 Å². The highest BCUT2D eigenvalue weighted by Crippen LogP contribution is 2.22. The van der Waals surface area contributed by atoms with Crippen LogP contribution in [0.4, 0.5) is 8.78 Å². The van der Waals surface area contributed by atoms with Gasteiger partial charge in [-0.3, -0.25) is 4.79 Å². The van der Waals surface area contributed by atoms with Crippen LogP contribution in [0.1, 0.15) is 15.9 Å². The van der Waals surface area contributed by atoms with Crippen molar-refractivity contribution < 1.29 is 13.6 Å². The second-order valence-corrected chi connectivity index (χ2v) is 5.66. The van der Waals surface area contributed by atoms with Crippen LogP contribution in [-0.2, 0) is 0 Å². The molecule has 2 aromatic rings. The Morgan fingerprint density at radius 2 is 1.78 bits per heavy atom. The molecule has 0 unspecified atom stereocenters. The van der Waals surface area contributed by atoms with Gasteiger partial charge in [0.05, 0.1) is 5.56 Å². The van der Waals surface area contributed by atoms with Gasteiger partial charge in [-0.25, -0.2) is 8.78 Å². The van der Waals surface area contributed by atoms with Crippen molar-refractivity contribution >= 4 is 44.3 Å². The lowest BCUT2D eigenvalue weighted by atomic mass is 10.0. The van der Waals surface area contributed by atoms with Crippen molar-refractivity contribution in [2.45, 2.75) is 0 Å². The minimum absolute atomic E-state index is 0.132. The molecule has 18 heavy (non-hydrogen) atoms. The number of carbonyl (C=O) groups excluding carboxylic acids is 1. The van der Waals surface area contributed by atoms with Crippen LogP contribution in [0.2, 0.25) is 0 Å². The Morgan fingerprint density at radius 1 is 1.06 bits per heavy atom. The van der Waals surface area contributed by atoms with Crippen molar-refractivity contribution in [2.24, 2.45) is 0 Å². The molecule has 2 rings (SSSR count). The fraction of sp³-hybridized carbons (Fsp3) is 0. The van der Waals surface area contributed by atoms with E-state index >= 15 is 0 Å². The average Bonchev–Trinajstić information content (AvgIpc) is 2.31. The van der Waals surface area contributed by atoms with E-state index < -0.39 is 17.4 Å². The van der Waals surface area contributed by atoms with Crippen molar-refractivity contribution in [3.8, 4) is 0 Å². The molecule has 0 amide bonds. The summed E-state index contributed by atoms with van der Waals surface area (Å²) in [6.07, 6.45) is 0. The zero-order chi connectivity index (χ0) is 13.3. The lowest BCUT2D eigenvalue weighted by molar-refractivity contribution is 0.103. The Balaban J connectivity index is 2.51. The largest absolute Gasteiger partial charge is 0.288 e. The standard InChI is InChI=1S/C13H6BrF2IO/c14-7-1-4-12(17)10(5-7)13(18)9-3-2-8(15)6-11(9)16/h1-6H. The van der Waals surface area contributed by atoms with Gasteiger partial charge >= 0.3 is 0 Å². The molecule has 0 atom stereocenters. The van der Waals surface area contributed by atoms with Gasteiger partial charge in [-0.1, -0.05) is 15.9 Å². The molecule has 0 N–H and O–H groups in total. The molecule has 0 aliphatic carbocycles. The van der Waals surface area contributed by atoms with Crippen LogP contribution in [0.25, 0.3) is 0 Å². The molecule has 0 radical (unpaired) electrons. The number of ketones is 1. The Hall–Kier alpha value is -0.820. The zero-order valence-corrected chi connectivity index (χ0v) is 12.6. The highest BCUT2D eigenvalue weighted by Gasteiger charge is 2.17. The Morgan fingerprint density at radius 3 is 2.44 bits per heavy atom. The van der Waals surface area contributed by atoms with Crippen molar-refractivity contribution in [2.75, 3.05) is 0 Å². The Kier molecular flexibility index (Phi) is 4.11. The van der Waals surface area contributed by atoms with Crippen molar-refractivity contribution in [3.63, 3.8) is 0 Å². The number of rotatable bonds is 2. The minimum Gasteiger partial charge on any atom is -0.288 e. The summed E-state index contributed by atoms with van der Waals surface area (Å²) < 4.78 is 27.8. The molecule has 0 aromatic heterocycles. The predicted octanol–water partition coefficient (Wildman–Crippen LogP) is 4.56. The van der Waals surface area contributed by atoms with E-state index in [2.05, 4.69) is 15.9 Å². The maximum Gasteiger partial charge on any atom is 0.197 e. The second-order valence-electron chi connectivity index (χ2n) is 3.58. The smallest absolute Gasteiger partial charge is 0.197 e. The summed E-state index contributed by atoms with van der Waals surface area (Å²) in [5.74, 6) is -2.01. The molecule has 5 heteroatoms. The summed E-state index contributed by atoms with van der Waals surface area (Å²) >= 11 is 5.26. The highest BCUT2D eigenvalue weighted by molar-refractivity contribution is 14.1. The number of hydrogen-bond acceptors (Lipinski definition) is 1. The van der Waals surface area contributed by atoms with E-state index in [-0.39, 0.29) is 5.56 Å². The normalized spacial score (nSPS) is 10.4. The molecule has 1 nitrogen and oxygen atoms in total. The first-order chi connectivity index (χ1) is 8.49. The second kappa shape index (κ2) is 5.44. The predicted molar refractivity (Wildman–Crippen MR) is 76.6 cm³/mol. The molecule has 0 saturated carbocycles. The summed E-state index contributed by atoms with van der Waals surface area (Å²) in [6.45, 7) is 0. The summed E-state index contributed by atoms with van der Waals surface area (Å²) in [6, 6.07) is 8.09. The van der Waals surface area contributed by atoms with E-state index in [1.54, 1.807) is 18.2 Å². The van der Waals surface area contributed by atoms with E-state index in [1.807, 2.05) is 22.6 Å². The van der Waals surface area contributed by atoms with Crippen LogP contribution in [0, 0.1) is 15.2 Å². The van der Waals surface area contributed by atoms with Crippen LogP contribution in [0.15, 0.2) is 40.9 Å². The fourth-order valence-corrected chi connectivity index (χ4v) is 2.43. The monoisotopic (exact) mass is 422 g/mol. The Labute approximate surface area is 124 Å². The van der Waals surface area contributed by atoms with Crippen LogP contribution in [-0.4, -0.2) is 5.78 Å². The van der Waals surface area contributed by atoms with Crippen molar-refractivity contribution in [1.29, 1.82) is 0 Å². The third-order valence-corrected chi connectivity index (χ3v) is 3.78. The fourth-order valence-electron chi connectivity index (χ4n) is 1.49. The first-order valence-corrected chi connectivity index (χ1v) is 6.81. The van der Waals surface area contributed by atoms with Gasteiger partial charge in [0, 0.05) is 19.7 Å². The Bertz CT molecular complexity index is 628. The van der Waals surface area contributed by atoms with E-state index in [1.165, 1.54) is 0 Å². The topological polar surface area (TPSA) is 17.1 Å². The van der Waals surface area contributed by atoms with Crippen LogP contribution < -0.4 is 0 Å². The number of halogens is 4. The number of benzene rings is 2. The zero-order valence-electron chi connectivity index (χ0n) is 8.88. The van der Waals surface area contributed by atoms with Gasteiger partial charge in [-0.15, -0.1) is 0 Å². The maximum absolute atomic E-state index is 13.5. The van der Waals surface area contributed by atoms with Crippen LogP contribution in [0.5, 0.6) is 0 Å². The molecule has 0 saturated heterocycles. The summed E-state index contributed by atoms with van der Waals surface area (Å²) in [5.41, 5.74) is 0.253. The molecule has 2 aromatic carbocycles. The number of carbonyl (C=O) groups is 1. The lowest BCUT2D eigenvalue weighted by Crippen LogP contribution is -2.06. The molecule has 0 bridgehead atoms. The molecule has 0 spiro atoms. The average molecular weight is 423 g/mol. The maximum atomic E-state index is 13.5. The number of hydrogen-bond donors (Lipinski definition) is 0. The first kappa shape index (κ1) is 13.6. The minimum atomic E-state index is -0.851. The molecular weight excluding hydrogens is 417 g/mol. The van der Waals surface area contributed by atoms with Gasteiger partial charge in [0.15, 0.2) is 5.78 Å². The van der Waals surface area contributed by atoms with Gasteiger partial charge in [-0.2, -0.15) is 0 Å². The van der Waals surface area contributed by atoms with Crippen LogP contribution >= 0.6 is 38.5 Å². The summed E-state index contributed by atoms with van der Waals surface area (Å²) in [5, 5.41) is 0.